The molecule has 1 saturated heterocycles. The van der Waals surface area contributed by atoms with Gasteiger partial charge < -0.3 is 10.6 Å². The number of hydrogen-bond acceptors (Lipinski definition) is 7. The zero-order valence-corrected chi connectivity index (χ0v) is 22.2. The molecule has 4 aromatic rings. The maximum atomic E-state index is 14.1. The van der Waals surface area contributed by atoms with Crippen LogP contribution in [0.25, 0.3) is 17.2 Å². The Morgan fingerprint density at radius 1 is 1.15 bits per heavy atom. The maximum absolute atomic E-state index is 14.1. The predicted octanol–water partition coefficient (Wildman–Crippen LogP) is 2.84. The average Bonchev–Trinajstić information content (AvgIpc) is 3.67. The van der Waals surface area contributed by atoms with E-state index in [-0.39, 0.29) is 18.2 Å². The molecule has 210 valence electrons. The van der Waals surface area contributed by atoms with Crippen molar-refractivity contribution in [3.8, 4) is 17.2 Å². The number of pyridine rings is 1. The highest BCUT2D eigenvalue weighted by Gasteiger charge is 2.43. The summed E-state index contributed by atoms with van der Waals surface area (Å²) < 4.78 is 45.4. The first kappa shape index (κ1) is 27.8. The van der Waals surface area contributed by atoms with E-state index in [2.05, 4.69) is 30.8 Å². The largest absolute Gasteiger partial charge is 0.410 e. The molecule has 0 bridgehead atoms. The maximum Gasteiger partial charge on any atom is 0.410 e. The van der Waals surface area contributed by atoms with Crippen molar-refractivity contribution in [3.05, 3.63) is 75.3 Å². The van der Waals surface area contributed by atoms with Crippen LogP contribution in [-0.2, 0) is 17.9 Å². The molecule has 1 amide bonds. The Hall–Kier alpha value is -3.75. The topological polar surface area (TPSA) is 125 Å². The van der Waals surface area contributed by atoms with Crippen LogP contribution in [0.2, 0.25) is 10.0 Å². The molecule has 5 rings (SSSR count). The quantitative estimate of drug-likeness (QED) is 0.321. The van der Waals surface area contributed by atoms with E-state index >= 15 is 0 Å². The van der Waals surface area contributed by atoms with Crippen LogP contribution in [-0.4, -0.2) is 64.8 Å². The minimum Gasteiger partial charge on any atom is -0.342 e. The summed E-state index contributed by atoms with van der Waals surface area (Å²) in [5.41, 5.74) is -0.497. The Morgan fingerprint density at radius 3 is 2.60 bits per heavy atom. The van der Waals surface area contributed by atoms with Crippen molar-refractivity contribution in [1.29, 1.82) is 0 Å². The highest BCUT2D eigenvalue weighted by atomic mass is 35.5. The van der Waals surface area contributed by atoms with Crippen LogP contribution in [0, 0.1) is 0 Å². The van der Waals surface area contributed by atoms with E-state index in [1.165, 1.54) is 41.5 Å². The normalized spacial score (nSPS) is 16.3. The molecule has 2 atom stereocenters. The first-order chi connectivity index (χ1) is 19.1. The molecule has 1 aliphatic heterocycles. The molecule has 1 unspecified atom stereocenters. The van der Waals surface area contributed by atoms with Gasteiger partial charge >= 0.3 is 11.9 Å². The lowest BCUT2D eigenvalue weighted by Gasteiger charge is -2.24. The van der Waals surface area contributed by atoms with Gasteiger partial charge in [0.15, 0.2) is 17.5 Å². The minimum atomic E-state index is -4.84. The second-order valence-electron chi connectivity index (χ2n) is 9.05. The third-order valence-corrected chi connectivity index (χ3v) is 6.81. The van der Waals surface area contributed by atoms with Gasteiger partial charge in [-0.1, -0.05) is 23.2 Å². The number of nitrogens with one attached hydrogen (secondary N) is 2. The van der Waals surface area contributed by atoms with Crippen LogP contribution in [0.1, 0.15) is 18.7 Å². The van der Waals surface area contributed by atoms with E-state index in [1.54, 1.807) is 12.1 Å². The van der Waals surface area contributed by atoms with Gasteiger partial charge in [0, 0.05) is 16.8 Å². The number of amides is 1. The minimum absolute atomic E-state index is 0.0450. The lowest BCUT2D eigenvalue weighted by atomic mass is 10.1. The summed E-state index contributed by atoms with van der Waals surface area (Å²) in [6.07, 6.45) is -0.870. The van der Waals surface area contributed by atoms with Gasteiger partial charge in [-0.15, -0.1) is 10.2 Å². The number of carbonyl (C=O) groups excluding carboxylic acids is 1. The molecule has 1 aliphatic rings. The van der Waals surface area contributed by atoms with Crippen molar-refractivity contribution in [1.82, 2.24) is 44.7 Å². The third kappa shape index (κ3) is 6.03. The highest BCUT2D eigenvalue weighted by molar-refractivity contribution is 6.32. The molecule has 4 heterocycles. The molecular weight excluding hydrogens is 574 g/mol. The van der Waals surface area contributed by atoms with Crippen LogP contribution in [0.5, 0.6) is 0 Å². The van der Waals surface area contributed by atoms with Crippen molar-refractivity contribution in [3.63, 3.8) is 0 Å². The highest BCUT2D eigenvalue weighted by Crippen LogP contribution is 2.25. The van der Waals surface area contributed by atoms with E-state index in [1.807, 2.05) is 0 Å². The van der Waals surface area contributed by atoms with Gasteiger partial charge in [-0.2, -0.15) is 13.2 Å². The number of aromatic nitrogens is 7. The monoisotopic (exact) mass is 595 g/mol. The fourth-order valence-electron chi connectivity index (χ4n) is 4.27. The van der Waals surface area contributed by atoms with Crippen LogP contribution < -0.4 is 16.3 Å². The van der Waals surface area contributed by atoms with Crippen LogP contribution in [0.3, 0.4) is 0 Å². The molecule has 0 spiro atoms. The van der Waals surface area contributed by atoms with Gasteiger partial charge in [0.1, 0.15) is 18.9 Å². The summed E-state index contributed by atoms with van der Waals surface area (Å²) in [5.74, 6) is -0.375. The number of hydrogen-bond donors (Lipinski definition) is 2. The zero-order valence-electron chi connectivity index (χ0n) is 20.6. The SMILES string of the molecule is O=C(NC(Cn1c(-c2ccc(Cl)cc2)nn(Cc2ncn(-c3ncccc3Cl)n2)c1=O)C(F)(F)F)[C@@H]1CCCN1. The van der Waals surface area contributed by atoms with Gasteiger partial charge in [-0.05, 0) is 55.8 Å². The molecule has 3 aromatic heterocycles. The number of benzene rings is 1. The van der Waals surface area contributed by atoms with E-state index in [0.29, 0.717) is 40.8 Å². The number of carbonyl (C=O) groups is 1. The Labute approximate surface area is 234 Å². The third-order valence-electron chi connectivity index (χ3n) is 6.27. The van der Waals surface area contributed by atoms with E-state index in [9.17, 15) is 22.8 Å². The zero-order chi connectivity index (χ0) is 28.4. The fourth-order valence-corrected chi connectivity index (χ4v) is 4.60. The van der Waals surface area contributed by atoms with E-state index in [4.69, 9.17) is 23.2 Å². The summed E-state index contributed by atoms with van der Waals surface area (Å²) in [5, 5.41) is 14.2. The number of alkyl halides is 3. The van der Waals surface area contributed by atoms with Crippen LogP contribution in [0.4, 0.5) is 13.2 Å². The molecule has 1 aromatic carbocycles. The Balaban J connectivity index is 1.48. The predicted molar refractivity (Wildman–Crippen MR) is 139 cm³/mol. The molecule has 0 aliphatic carbocycles. The van der Waals surface area contributed by atoms with E-state index in [0.717, 1.165) is 9.25 Å². The number of rotatable bonds is 8. The molecular formula is C24H22Cl2F3N9O2. The molecule has 1 fully saturated rings. The Kier molecular flexibility index (Phi) is 7.92. The molecule has 0 radical (unpaired) electrons. The Bertz CT molecular complexity index is 1560. The van der Waals surface area contributed by atoms with Gasteiger partial charge in [0.25, 0.3) is 0 Å². The van der Waals surface area contributed by atoms with Crippen molar-refractivity contribution in [2.45, 2.75) is 44.2 Å². The molecule has 2 N–H and O–H groups in total. The second kappa shape index (κ2) is 11.4. The lowest BCUT2D eigenvalue weighted by molar-refractivity contribution is -0.164. The lowest BCUT2D eigenvalue weighted by Crippen LogP contribution is -2.53. The van der Waals surface area contributed by atoms with Crippen molar-refractivity contribution >= 4 is 29.1 Å². The number of nitrogens with zero attached hydrogens (tertiary/aromatic N) is 7. The summed E-state index contributed by atoms with van der Waals surface area (Å²) >= 11 is 12.1. The summed E-state index contributed by atoms with van der Waals surface area (Å²) in [4.78, 5) is 34.3. The second-order valence-corrected chi connectivity index (χ2v) is 9.89. The number of halogens is 5. The van der Waals surface area contributed by atoms with Crippen molar-refractivity contribution in [2.75, 3.05) is 6.54 Å². The first-order valence-electron chi connectivity index (χ1n) is 12.2. The molecule has 40 heavy (non-hydrogen) atoms. The van der Waals surface area contributed by atoms with Crippen LogP contribution in [0.15, 0.2) is 53.7 Å². The van der Waals surface area contributed by atoms with Gasteiger partial charge in [-0.25, -0.2) is 24.1 Å². The van der Waals surface area contributed by atoms with Gasteiger partial charge in [0.05, 0.1) is 17.6 Å². The standard InChI is InChI=1S/C24H22Cl2F3N9O2/c25-15-7-5-14(6-8-15)20-35-37(12-19-32-13-38(34-19)21-16(26)3-1-10-31-21)23(40)36(20)11-18(24(27,28)29)33-22(39)17-4-2-9-30-17/h1,3,5-8,10,13,17-18,30H,2,4,9,11-12H2,(H,33,39)/t17-,18?/m0/s1. The fraction of sp³-hybridized carbons (Fsp3) is 0.333. The first-order valence-corrected chi connectivity index (χ1v) is 12.9. The average molecular weight is 596 g/mol. The summed E-state index contributed by atoms with van der Waals surface area (Å²) in [6, 6.07) is 6.32. The molecule has 16 heteroatoms. The van der Waals surface area contributed by atoms with Crippen molar-refractivity contribution < 1.29 is 18.0 Å². The Morgan fingerprint density at radius 2 is 1.93 bits per heavy atom. The van der Waals surface area contributed by atoms with Gasteiger partial charge in [0.2, 0.25) is 5.91 Å². The summed E-state index contributed by atoms with van der Waals surface area (Å²) in [6.45, 7) is -0.610. The van der Waals surface area contributed by atoms with E-state index < -0.39 is 36.4 Å². The molecule has 11 nitrogen and oxygen atoms in total. The summed E-state index contributed by atoms with van der Waals surface area (Å²) in [7, 11) is 0. The molecule has 0 saturated carbocycles. The van der Waals surface area contributed by atoms with Crippen LogP contribution >= 0.6 is 23.2 Å². The smallest absolute Gasteiger partial charge is 0.342 e. The van der Waals surface area contributed by atoms with Gasteiger partial charge in [-0.3, -0.25) is 9.36 Å². The van der Waals surface area contributed by atoms with Crippen molar-refractivity contribution in [2.24, 2.45) is 0 Å².